The third-order valence-corrected chi connectivity index (χ3v) is 4.76. The van der Waals surface area contributed by atoms with Gasteiger partial charge in [-0.1, -0.05) is 32.1 Å². The summed E-state index contributed by atoms with van der Waals surface area (Å²) in [5.74, 6) is 2.32. The molecule has 3 saturated carbocycles. The summed E-state index contributed by atoms with van der Waals surface area (Å²) < 4.78 is 0. The summed E-state index contributed by atoms with van der Waals surface area (Å²) in [6.45, 7) is 0. The van der Waals surface area contributed by atoms with Gasteiger partial charge in [-0.05, 0) is 42.9 Å². The van der Waals surface area contributed by atoms with Crippen LogP contribution >= 0.6 is 0 Å². The predicted molar refractivity (Wildman–Crippen MR) is 51.0 cm³/mol. The molecule has 2 bridgehead atoms. The molecule has 68 valence electrons. The summed E-state index contributed by atoms with van der Waals surface area (Å²) in [7, 11) is 0. The van der Waals surface area contributed by atoms with Crippen molar-refractivity contribution in [3.05, 3.63) is 0 Å². The first-order valence-corrected chi connectivity index (χ1v) is 5.89. The molecule has 3 unspecified atom stereocenters. The van der Waals surface area contributed by atoms with Crippen LogP contribution in [0.15, 0.2) is 0 Å². The minimum atomic E-state index is 0.920. The fourth-order valence-electron chi connectivity index (χ4n) is 3.99. The topological polar surface area (TPSA) is 0 Å². The van der Waals surface area contributed by atoms with Gasteiger partial charge < -0.3 is 0 Å². The Morgan fingerprint density at radius 1 is 0.833 bits per heavy atom. The van der Waals surface area contributed by atoms with Gasteiger partial charge in [0.25, 0.3) is 0 Å². The molecule has 12 heavy (non-hydrogen) atoms. The van der Waals surface area contributed by atoms with E-state index in [1.807, 2.05) is 0 Å². The van der Waals surface area contributed by atoms with Crippen molar-refractivity contribution in [2.45, 2.75) is 57.8 Å². The quantitative estimate of drug-likeness (QED) is 0.511. The van der Waals surface area contributed by atoms with Crippen LogP contribution in [0, 0.1) is 17.3 Å². The van der Waals surface area contributed by atoms with E-state index in [2.05, 4.69) is 0 Å². The van der Waals surface area contributed by atoms with E-state index in [1.54, 1.807) is 51.4 Å². The first kappa shape index (κ1) is 7.41. The molecule has 3 atom stereocenters. The van der Waals surface area contributed by atoms with Crippen LogP contribution in [0.4, 0.5) is 0 Å². The lowest BCUT2D eigenvalue weighted by Crippen LogP contribution is -2.19. The summed E-state index contributed by atoms with van der Waals surface area (Å²) >= 11 is 0. The van der Waals surface area contributed by atoms with Crippen LogP contribution in [0.1, 0.15) is 57.8 Å². The highest BCUT2D eigenvalue weighted by molar-refractivity contribution is 5.05. The molecule has 0 saturated heterocycles. The van der Waals surface area contributed by atoms with Crippen LogP contribution in [0.25, 0.3) is 0 Å². The Hall–Kier alpha value is 0. The monoisotopic (exact) mass is 164 g/mol. The highest BCUT2D eigenvalue weighted by atomic mass is 14.6. The van der Waals surface area contributed by atoms with Crippen LogP contribution < -0.4 is 0 Å². The summed E-state index contributed by atoms with van der Waals surface area (Å²) in [6.07, 6.45) is 14.2. The normalized spacial score (nSPS) is 52.0. The van der Waals surface area contributed by atoms with E-state index in [-0.39, 0.29) is 0 Å². The lowest BCUT2D eigenvalue weighted by Gasteiger charge is -2.32. The highest BCUT2D eigenvalue weighted by Crippen LogP contribution is 2.65. The SMILES string of the molecule is C1CCC2CC23CCCC(C1)C3. The predicted octanol–water partition coefficient (Wildman–Crippen LogP) is 3.76. The van der Waals surface area contributed by atoms with Crippen molar-refractivity contribution in [2.75, 3.05) is 0 Å². The van der Waals surface area contributed by atoms with Crippen molar-refractivity contribution < 1.29 is 0 Å². The number of hydrogen-bond acceptors (Lipinski definition) is 0. The van der Waals surface area contributed by atoms with Gasteiger partial charge in [-0.25, -0.2) is 0 Å². The molecule has 0 nitrogen and oxygen atoms in total. The fraction of sp³-hybridized carbons (Fsp3) is 1.00. The van der Waals surface area contributed by atoms with Crippen LogP contribution in [-0.2, 0) is 0 Å². The molecule has 0 aromatic carbocycles. The lowest BCUT2D eigenvalue weighted by molar-refractivity contribution is 0.198. The molecule has 0 aliphatic heterocycles. The average molecular weight is 164 g/mol. The van der Waals surface area contributed by atoms with Crippen LogP contribution in [0.5, 0.6) is 0 Å². The number of hydrogen-bond donors (Lipinski definition) is 0. The molecule has 0 heterocycles. The molecule has 3 rings (SSSR count). The van der Waals surface area contributed by atoms with Crippen molar-refractivity contribution in [1.82, 2.24) is 0 Å². The first-order valence-electron chi connectivity index (χ1n) is 5.89. The minimum absolute atomic E-state index is 0.920. The Labute approximate surface area is 75.7 Å². The van der Waals surface area contributed by atoms with Crippen LogP contribution in [0.3, 0.4) is 0 Å². The molecule has 0 N–H and O–H groups in total. The maximum atomic E-state index is 1.62. The molecular weight excluding hydrogens is 144 g/mol. The zero-order valence-corrected chi connectivity index (χ0v) is 8.02. The van der Waals surface area contributed by atoms with E-state index < -0.39 is 0 Å². The van der Waals surface area contributed by atoms with Gasteiger partial charge in [0.1, 0.15) is 0 Å². The Bertz CT molecular complexity index is 184. The van der Waals surface area contributed by atoms with Crippen LogP contribution in [-0.4, -0.2) is 0 Å². The molecule has 3 aliphatic rings. The molecular formula is C12H20. The summed E-state index contributed by atoms with van der Waals surface area (Å²) in [5, 5.41) is 0. The van der Waals surface area contributed by atoms with E-state index in [0.29, 0.717) is 0 Å². The van der Waals surface area contributed by atoms with Gasteiger partial charge in [0.15, 0.2) is 0 Å². The second-order valence-electron chi connectivity index (χ2n) is 5.51. The lowest BCUT2D eigenvalue weighted by atomic mass is 9.74. The second kappa shape index (κ2) is 2.49. The largest absolute Gasteiger partial charge is 0.0530 e. The minimum Gasteiger partial charge on any atom is -0.0530 e. The van der Waals surface area contributed by atoms with E-state index in [0.717, 1.165) is 11.3 Å². The molecule has 0 aromatic heterocycles. The van der Waals surface area contributed by atoms with Crippen molar-refractivity contribution >= 4 is 0 Å². The van der Waals surface area contributed by atoms with E-state index in [4.69, 9.17) is 0 Å². The Morgan fingerprint density at radius 3 is 2.67 bits per heavy atom. The summed E-state index contributed by atoms with van der Waals surface area (Å²) in [4.78, 5) is 0. The maximum absolute atomic E-state index is 1.62. The van der Waals surface area contributed by atoms with E-state index in [1.165, 1.54) is 12.3 Å². The van der Waals surface area contributed by atoms with Crippen molar-refractivity contribution in [2.24, 2.45) is 17.3 Å². The fourth-order valence-corrected chi connectivity index (χ4v) is 3.99. The molecule has 1 spiro atoms. The van der Waals surface area contributed by atoms with Gasteiger partial charge in [-0.2, -0.15) is 0 Å². The first-order chi connectivity index (χ1) is 5.89. The third kappa shape index (κ3) is 1.03. The van der Waals surface area contributed by atoms with Gasteiger partial charge in [0.2, 0.25) is 0 Å². The smallest absolute Gasteiger partial charge is 0.0263 e. The summed E-state index contributed by atoms with van der Waals surface area (Å²) in [5.41, 5.74) is 0.920. The van der Waals surface area contributed by atoms with Gasteiger partial charge in [0, 0.05) is 0 Å². The van der Waals surface area contributed by atoms with E-state index >= 15 is 0 Å². The van der Waals surface area contributed by atoms with Crippen molar-refractivity contribution in [3.8, 4) is 0 Å². The molecule has 0 amide bonds. The molecule has 0 heteroatoms. The highest BCUT2D eigenvalue weighted by Gasteiger charge is 2.54. The van der Waals surface area contributed by atoms with Gasteiger partial charge in [0.05, 0.1) is 0 Å². The maximum Gasteiger partial charge on any atom is -0.0263 e. The Balaban J connectivity index is 1.78. The molecule has 0 radical (unpaired) electrons. The standard InChI is InChI=1S/C12H20/c1-2-6-11-9-12(11)7-3-5-10(4-1)8-12/h10-11H,1-9H2. The Morgan fingerprint density at radius 2 is 1.67 bits per heavy atom. The molecule has 3 fully saturated rings. The van der Waals surface area contributed by atoms with Gasteiger partial charge in [-0.15, -0.1) is 0 Å². The molecule has 3 aliphatic carbocycles. The van der Waals surface area contributed by atoms with Gasteiger partial charge >= 0.3 is 0 Å². The van der Waals surface area contributed by atoms with Gasteiger partial charge in [-0.3, -0.25) is 0 Å². The third-order valence-electron chi connectivity index (χ3n) is 4.76. The van der Waals surface area contributed by atoms with E-state index in [9.17, 15) is 0 Å². The summed E-state index contributed by atoms with van der Waals surface area (Å²) in [6, 6.07) is 0. The van der Waals surface area contributed by atoms with Crippen molar-refractivity contribution in [1.29, 1.82) is 0 Å². The van der Waals surface area contributed by atoms with Crippen molar-refractivity contribution in [3.63, 3.8) is 0 Å². The number of fused-ring (bicyclic) bond motifs is 1. The molecule has 0 aromatic rings. The average Bonchev–Trinajstić information content (AvgIpc) is 2.70. The zero-order valence-electron chi connectivity index (χ0n) is 8.02. The van der Waals surface area contributed by atoms with Crippen LogP contribution in [0.2, 0.25) is 0 Å². The Kier molecular flexibility index (Phi) is 1.54. The second-order valence-corrected chi connectivity index (χ2v) is 5.51. The zero-order chi connectivity index (χ0) is 8.02. The number of rotatable bonds is 0.